The number of ether oxygens (including phenoxy) is 1. The van der Waals surface area contributed by atoms with Gasteiger partial charge in [0.2, 0.25) is 5.82 Å². The van der Waals surface area contributed by atoms with Gasteiger partial charge in [-0.3, -0.25) is 14.3 Å². The Labute approximate surface area is 130 Å². The number of aliphatic hydroxyl groups is 2. The zero-order valence-electron chi connectivity index (χ0n) is 12.1. The van der Waals surface area contributed by atoms with E-state index in [1.165, 1.54) is 0 Å². The smallest absolute Gasteiger partial charge is 0.330 e. The summed E-state index contributed by atoms with van der Waals surface area (Å²) in [4.78, 5) is 24.5. The Balaban J connectivity index is 2.11. The van der Waals surface area contributed by atoms with Crippen LogP contribution in [0.25, 0.3) is 0 Å². The molecule has 0 amide bonds. The molecule has 1 aromatic rings. The van der Waals surface area contributed by atoms with Crippen LogP contribution < -0.4 is 11.2 Å². The predicted molar refractivity (Wildman–Crippen MR) is 79.4 cm³/mol. The van der Waals surface area contributed by atoms with Crippen molar-refractivity contribution >= 4 is 11.8 Å². The Morgan fingerprint density at radius 3 is 2.82 bits per heavy atom. The van der Waals surface area contributed by atoms with E-state index in [-0.39, 0.29) is 0 Å². The van der Waals surface area contributed by atoms with Crippen LogP contribution in [-0.2, 0) is 4.74 Å². The Morgan fingerprint density at radius 1 is 1.41 bits per heavy atom. The number of unbranched alkanes of at least 4 members (excludes halogenated alkanes) is 1. The van der Waals surface area contributed by atoms with E-state index in [0.717, 1.165) is 23.2 Å². The summed E-state index contributed by atoms with van der Waals surface area (Å²) in [6.45, 7) is 2.07. The molecular formula is C13H19FN2O5S. The van der Waals surface area contributed by atoms with E-state index >= 15 is 0 Å². The van der Waals surface area contributed by atoms with Crippen molar-refractivity contribution in [1.29, 1.82) is 0 Å². The van der Waals surface area contributed by atoms with Crippen molar-refractivity contribution in [1.82, 2.24) is 9.55 Å². The first-order valence-corrected chi connectivity index (χ1v) is 8.21. The molecule has 2 heterocycles. The number of rotatable bonds is 6. The highest BCUT2D eigenvalue weighted by atomic mass is 32.2. The second-order valence-electron chi connectivity index (χ2n) is 5.12. The average Bonchev–Trinajstić information content (AvgIpc) is 2.76. The lowest BCUT2D eigenvalue weighted by atomic mass is 10.1. The number of aliphatic hydroxyl groups excluding tert-OH is 2. The van der Waals surface area contributed by atoms with Crippen molar-refractivity contribution in [2.24, 2.45) is 0 Å². The van der Waals surface area contributed by atoms with Crippen molar-refractivity contribution in [2.45, 2.75) is 44.3 Å². The minimum Gasteiger partial charge on any atom is -0.387 e. The maximum absolute atomic E-state index is 13.3. The molecule has 1 fully saturated rings. The van der Waals surface area contributed by atoms with Crippen molar-refractivity contribution in [2.75, 3.05) is 11.5 Å². The molecule has 1 aromatic heterocycles. The summed E-state index contributed by atoms with van der Waals surface area (Å²) in [5.41, 5.74) is -2.04. The van der Waals surface area contributed by atoms with E-state index in [4.69, 9.17) is 4.74 Å². The Kier molecular flexibility index (Phi) is 5.79. The number of nitrogens with zero attached hydrogens (tertiary/aromatic N) is 1. The molecule has 1 aliphatic rings. The molecule has 124 valence electrons. The van der Waals surface area contributed by atoms with Gasteiger partial charge in [-0.15, -0.1) is 0 Å². The quantitative estimate of drug-likeness (QED) is 0.624. The number of nitrogens with one attached hydrogen (secondary N) is 1. The van der Waals surface area contributed by atoms with Gasteiger partial charge in [-0.25, -0.2) is 4.79 Å². The fraction of sp³-hybridized carbons (Fsp3) is 0.692. The molecule has 0 spiro atoms. The lowest BCUT2D eigenvalue weighted by Crippen LogP contribution is -2.38. The molecule has 0 aromatic carbocycles. The monoisotopic (exact) mass is 334 g/mol. The molecule has 1 unspecified atom stereocenters. The molecule has 22 heavy (non-hydrogen) atoms. The highest BCUT2D eigenvalue weighted by molar-refractivity contribution is 7.99. The fourth-order valence-corrected chi connectivity index (χ4v) is 3.36. The van der Waals surface area contributed by atoms with Gasteiger partial charge in [-0.05, 0) is 12.2 Å². The summed E-state index contributed by atoms with van der Waals surface area (Å²) in [5.74, 6) is 0.192. The maximum Gasteiger partial charge on any atom is 0.330 e. The first-order valence-electron chi connectivity index (χ1n) is 7.06. The molecule has 7 nitrogen and oxygen atoms in total. The lowest BCUT2D eigenvalue weighted by Gasteiger charge is -2.16. The van der Waals surface area contributed by atoms with E-state index < -0.39 is 41.6 Å². The van der Waals surface area contributed by atoms with E-state index in [0.29, 0.717) is 11.9 Å². The summed E-state index contributed by atoms with van der Waals surface area (Å²) in [6, 6.07) is 0. The maximum atomic E-state index is 13.3. The van der Waals surface area contributed by atoms with E-state index in [1.807, 2.05) is 0 Å². The van der Waals surface area contributed by atoms with Crippen molar-refractivity contribution in [3.63, 3.8) is 0 Å². The summed E-state index contributed by atoms with van der Waals surface area (Å²) >= 11 is 1.57. The van der Waals surface area contributed by atoms with Crippen LogP contribution in [0.2, 0.25) is 0 Å². The SMILES string of the molecule is CCCCSC[C@H]1OC(n2cc(F)c(=O)[nH]c2=O)[C@H](O)[C@@H]1O. The van der Waals surface area contributed by atoms with Gasteiger partial charge in [0, 0.05) is 5.75 Å². The standard InChI is InChI=1S/C13H19FN2O5S/c1-2-3-4-22-6-8-9(17)10(18)12(21-8)16-5-7(14)11(19)15-13(16)20/h5,8-10,12,17-18H,2-4,6H2,1H3,(H,15,19,20)/t8-,9-,10-,12?/m1/s1. The van der Waals surface area contributed by atoms with Crippen LogP contribution in [0, 0.1) is 5.82 Å². The average molecular weight is 334 g/mol. The van der Waals surface area contributed by atoms with Crippen molar-refractivity contribution < 1.29 is 19.3 Å². The summed E-state index contributed by atoms with van der Waals surface area (Å²) < 4.78 is 19.5. The first-order chi connectivity index (χ1) is 10.5. The minimum absolute atomic E-state index is 0.454. The van der Waals surface area contributed by atoms with Gasteiger partial charge in [-0.1, -0.05) is 13.3 Å². The van der Waals surface area contributed by atoms with Gasteiger partial charge in [-0.2, -0.15) is 16.2 Å². The number of aromatic nitrogens is 2. The number of thioether (sulfide) groups is 1. The van der Waals surface area contributed by atoms with Crippen molar-refractivity contribution in [3.8, 4) is 0 Å². The molecule has 1 saturated heterocycles. The molecule has 2 rings (SSSR count). The molecule has 0 radical (unpaired) electrons. The fourth-order valence-electron chi connectivity index (χ4n) is 2.19. The third-order valence-corrected chi connectivity index (χ3v) is 4.60. The van der Waals surface area contributed by atoms with E-state index in [1.54, 1.807) is 16.7 Å². The van der Waals surface area contributed by atoms with Crippen LogP contribution >= 0.6 is 11.8 Å². The number of aromatic amines is 1. The Hall–Kier alpha value is -1.16. The van der Waals surface area contributed by atoms with Crippen LogP contribution in [-0.4, -0.2) is 49.6 Å². The van der Waals surface area contributed by atoms with Gasteiger partial charge in [0.25, 0.3) is 5.56 Å². The largest absolute Gasteiger partial charge is 0.387 e. The predicted octanol–water partition coefficient (Wildman–Crippen LogP) is -0.172. The molecule has 4 atom stereocenters. The molecule has 0 saturated carbocycles. The van der Waals surface area contributed by atoms with Crippen molar-refractivity contribution in [3.05, 3.63) is 32.9 Å². The molecule has 0 bridgehead atoms. The zero-order valence-corrected chi connectivity index (χ0v) is 12.9. The van der Waals surface area contributed by atoms with Crippen LogP contribution in [0.3, 0.4) is 0 Å². The molecule has 9 heteroatoms. The molecule has 0 aliphatic carbocycles. The van der Waals surface area contributed by atoms with E-state index in [9.17, 15) is 24.2 Å². The first kappa shape index (κ1) is 17.2. The number of hydrogen-bond donors (Lipinski definition) is 3. The van der Waals surface area contributed by atoms with Gasteiger partial charge in [0.1, 0.15) is 12.2 Å². The van der Waals surface area contributed by atoms with Crippen LogP contribution in [0.1, 0.15) is 26.0 Å². The second-order valence-corrected chi connectivity index (χ2v) is 6.27. The Morgan fingerprint density at radius 2 is 2.14 bits per heavy atom. The van der Waals surface area contributed by atoms with Gasteiger partial charge in [0.15, 0.2) is 6.23 Å². The number of halogens is 1. The number of hydrogen-bond acceptors (Lipinski definition) is 6. The molecule has 1 aliphatic heterocycles. The highest BCUT2D eigenvalue weighted by Crippen LogP contribution is 2.30. The van der Waals surface area contributed by atoms with Gasteiger partial charge in [0.05, 0.1) is 12.3 Å². The van der Waals surface area contributed by atoms with E-state index in [2.05, 4.69) is 6.92 Å². The van der Waals surface area contributed by atoms with Gasteiger partial charge >= 0.3 is 5.69 Å². The zero-order chi connectivity index (χ0) is 16.3. The summed E-state index contributed by atoms with van der Waals surface area (Å²) in [7, 11) is 0. The third kappa shape index (κ3) is 3.60. The van der Waals surface area contributed by atoms with Gasteiger partial charge < -0.3 is 14.9 Å². The summed E-state index contributed by atoms with van der Waals surface area (Å²) in [6.07, 6.45) is -1.69. The molecular weight excluding hydrogens is 315 g/mol. The normalized spacial score (nSPS) is 28.2. The Bertz CT molecular complexity index is 619. The minimum atomic E-state index is -1.38. The van der Waals surface area contributed by atoms with Crippen LogP contribution in [0.5, 0.6) is 0 Å². The van der Waals surface area contributed by atoms with Crippen LogP contribution in [0.4, 0.5) is 4.39 Å². The molecule has 3 N–H and O–H groups in total. The van der Waals surface area contributed by atoms with Crippen LogP contribution in [0.15, 0.2) is 15.8 Å². The highest BCUT2D eigenvalue weighted by Gasteiger charge is 2.44. The number of H-pyrrole nitrogens is 1. The second kappa shape index (κ2) is 7.40. The summed E-state index contributed by atoms with van der Waals surface area (Å²) in [5, 5.41) is 20.0. The lowest BCUT2D eigenvalue weighted by molar-refractivity contribution is -0.0346. The third-order valence-electron chi connectivity index (χ3n) is 3.46. The topological polar surface area (TPSA) is 105 Å².